The molecule has 1 aliphatic heterocycles. The molecule has 0 saturated carbocycles. The van der Waals surface area contributed by atoms with Crippen molar-refractivity contribution in [3.63, 3.8) is 0 Å². The first-order valence-electron chi connectivity index (χ1n) is 9.83. The molecule has 0 spiro atoms. The Kier molecular flexibility index (Phi) is 6.59. The van der Waals surface area contributed by atoms with Crippen LogP contribution in [0.2, 0.25) is 0 Å². The van der Waals surface area contributed by atoms with E-state index in [-0.39, 0.29) is 22.8 Å². The van der Waals surface area contributed by atoms with E-state index in [9.17, 15) is 13.2 Å². The van der Waals surface area contributed by atoms with Gasteiger partial charge in [0.2, 0.25) is 15.9 Å². The molecule has 0 unspecified atom stereocenters. The van der Waals surface area contributed by atoms with E-state index in [1.165, 1.54) is 11.4 Å². The number of methoxy groups -OCH3 is 1. The Balaban J connectivity index is 1.64. The Bertz CT molecular complexity index is 952. The zero-order valence-corrected chi connectivity index (χ0v) is 17.9. The molecule has 1 heterocycles. The monoisotopic (exact) mass is 416 g/mol. The van der Waals surface area contributed by atoms with Gasteiger partial charge in [-0.3, -0.25) is 4.79 Å². The number of nitrogens with one attached hydrogen (secondary N) is 1. The van der Waals surface area contributed by atoms with Crippen molar-refractivity contribution in [1.29, 1.82) is 0 Å². The molecule has 156 valence electrons. The van der Waals surface area contributed by atoms with Gasteiger partial charge >= 0.3 is 0 Å². The lowest BCUT2D eigenvalue weighted by molar-refractivity contribution is -0.126. The fourth-order valence-corrected chi connectivity index (χ4v) is 5.35. The van der Waals surface area contributed by atoms with Gasteiger partial charge in [0.25, 0.3) is 0 Å². The van der Waals surface area contributed by atoms with Crippen LogP contribution in [0.1, 0.15) is 36.9 Å². The fraction of sp³-hybridized carbons (Fsp3) is 0.409. The molecule has 1 N–H and O–H groups in total. The summed E-state index contributed by atoms with van der Waals surface area (Å²) < 4.78 is 32.9. The molecule has 1 fully saturated rings. The summed E-state index contributed by atoms with van der Waals surface area (Å²) in [6.45, 7) is 4.44. The highest BCUT2D eigenvalue weighted by Crippen LogP contribution is 2.30. The average molecular weight is 417 g/mol. The first-order valence-corrected chi connectivity index (χ1v) is 11.3. The third-order valence-corrected chi connectivity index (χ3v) is 7.34. The van der Waals surface area contributed by atoms with Crippen LogP contribution >= 0.6 is 0 Å². The molecule has 6 nitrogen and oxygen atoms in total. The summed E-state index contributed by atoms with van der Waals surface area (Å²) in [6.07, 6.45) is 1.00. The Morgan fingerprint density at radius 2 is 1.79 bits per heavy atom. The second-order valence-electron chi connectivity index (χ2n) is 7.47. The molecule has 0 aliphatic carbocycles. The lowest BCUT2D eigenvalue weighted by atomic mass is 9.96. The maximum Gasteiger partial charge on any atom is 0.246 e. The van der Waals surface area contributed by atoms with Gasteiger partial charge in [0.15, 0.2) is 0 Å². The minimum atomic E-state index is -3.67. The molecular weight excluding hydrogens is 388 g/mol. The third kappa shape index (κ3) is 4.79. The molecule has 7 heteroatoms. The zero-order chi connectivity index (χ0) is 21.0. The van der Waals surface area contributed by atoms with E-state index in [0.717, 1.165) is 11.1 Å². The number of aryl methyl sites for hydroxylation is 1. The van der Waals surface area contributed by atoms with Crippen molar-refractivity contribution in [2.45, 2.75) is 37.6 Å². The molecule has 1 atom stereocenters. The molecule has 2 aromatic carbocycles. The topological polar surface area (TPSA) is 75.7 Å². The summed E-state index contributed by atoms with van der Waals surface area (Å²) in [7, 11) is -2.20. The molecule has 1 saturated heterocycles. The Labute approximate surface area is 172 Å². The van der Waals surface area contributed by atoms with Gasteiger partial charge in [-0.1, -0.05) is 36.4 Å². The number of rotatable bonds is 6. The highest BCUT2D eigenvalue weighted by atomic mass is 32.2. The fourth-order valence-electron chi connectivity index (χ4n) is 3.64. The zero-order valence-electron chi connectivity index (χ0n) is 17.1. The van der Waals surface area contributed by atoms with Crippen LogP contribution in [-0.2, 0) is 14.8 Å². The van der Waals surface area contributed by atoms with Crippen LogP contribution in [0, 0.1) is 12.8 Å². The number of ether oxygens (including phenoxy) is 1. The molecule has 1 aliphatic rings. The number of hydrogen-bond acceptors (Lipinski definition) is 4. The van der Waals surface area contributed by atoms with Crippen LogP contribution in [0.5, 0.6) is 5.75 Å². The molecule has 3 rings (SSSR count). The molecule has 0 aromatic heterocycles. The Morgan fingerprint density at radius 3 is 2.41 bits per heavy atom. The largest absolute Gasteiger partial charge is 0.495 e. The Morgan fingerprint density at radius 1 is 1.14 bits per heavy atom. The first kappa shape index (κ1) is 21.3. The standard InChI is InChI=1S/C22H28N2O4S/c1-16-9-10-20(28-3)21(15-16)29(26,27)24-13-11-19(12-14-24)22(25)23-17(2)18-7-5-4-6-8-18/h4-10,15,17,19H,11-14H2,1-3H3,(H,23,25)/t17-/m0/s1. The number of amides is 1. The van der Waals surface area contributed by atoms with Crippen LogP contribution in [0.25, 0.3) is 0 Å². The van der Waals surface area contributed by atoms with Gasteiger partial charge in [-0.15, -0.1) is 0 Å². The maximum atomic E-state index is 13.1. The summed E-state index contributed by atoms with van der Waals surface area (Å²) in [6, 6.07) is 14.8. The number of nitrogens with zero attached hydrogens (tertiary/aromatic N) is 1. The van der Waals surface area contributed by atoms with E-state index in [1.807, 2.05) is 50.2 Å². The van der Waals surface area contributed by atoms with Crippen molar-refractivity contribution in [2.75, 3.05) is 20.2 Å². The van der Waals surface area contributed by atoms with Gasteiger partial charge in [-0.05, 0) is 49.9 Å². The predicted molar refractivity (Wildman–Crippen MR) is 112 cm³/mol. The van der Waals surface area contributed by atoms with E-state index in [1.54, 1.807) is 12.1 Å². The lowest BCUT2D eigenvalue weighted by Gasteiger charge is -2.31. The van der Waals surface area contributed by atoms with E-state index < -0.39 is 10.0 Å². The molecule has 2 aromatic rings. The number of benzene rings is 2. The van der Waals surface area contributed by atoms with Gasteiger partial charge in [0, 0.05) is 19.0 Å². The second kappa shape index (κ2) is 8.97. The van der Waals surface area contributed by atoms with Crippen molar-refractivity contribution in [2.24, 2.45) is 5.92 Å². The van der Waals surface area contributed by atoms with Crippen molar-refractivity contribution >= 4 is 15.9 Å². The van der Waals surface area contributed by atoms with Crippen LogP contribution in [-0.4, -0.2) is 38.8 Å². The lowest BCUT2D eigenvalue weighted by Crippen LogP contribution is -2.43. The quantitative estimate of drug-likeness (QED) is 0.784. The Hall–Kier alpha value is -2.38. The number of hydrogen-bond donors (Lipinski definition) is 1. The maximum absolute atomic E-state index is 13.1. The highest BCUT2D eigenvalue weighted by Gasteiger charge is 2.34. The molecular formula is C22H28N2O4S. The molecule has 29 heavy (non-hydrogen) atoms. The summed E-state index contributed by atoms with van der Waals surface area (Å²) in [5, 5.41) is 3.05. The number of carbonyl (C=O) groups is 1. The summed E-state index contributed by atoms with van der Waals surface area (Å²) in [5.41, 5.74) is 1.90. The van der Waals surface area contributed by atoms with Crippen molar-refractivity contribution in [3.05, 3.63) is 59.7 Å². The minimum Gasteiger partial charge on any atom is -0.495 e. The third-order valence-electron chi connectivity index (χ3n) is 5.42. The summed E-state index contributed by atoms with van der Waals surface area (Å²) in [4.78, 5) is 12.8. The van der Waals surface area contributed by atoms with E-state index in [2.05, 4.69) is 5.32 Å². The van der Waals surface area contributed by atoms with Crippen LogP contribution in [0.15, 0.2) is 53.4 Å². The smallest absolute Gasteiger partial charge is 0.246 e. The van der Waals surface area contributed by atoms with Gasteiger partial charge in [0.1, 0.15) is 10.6 Å². The summed E-state index contributed by atoms with van der Waals surface area (Å²) in [5.74, 6) is 0.130. The van der Waals surface area contributed by atoms with Crippen molar-refractivity contribution < 1.29 is 17.9 Å². The predicted octanol–water partition coefficient (Wildman–Crippen LogP) is 3.28. The van der Waals surface area contributed by atoms with Gasteiger partial charge < -0.3 is 10.1 Å². The van der Waals surface area contributed by atoms with Crippen LogP contribution in [0.4, 0.5) is 0 Å². The van der Waals surface area contributed by atoms with Crippen molar-refractivity contribution in [3.8, 4) is 5.75 Å². The van der Waals surface area contributed by atoms with Gasteiger partial charge in [-0.2, -0.15) is 4.31 Å². The molecule has 0 radical (unpaired) electrons. The SMILES string of the molecule is COc1ccc(C)cc1S(=O)(=O)N1CCC(C(=O)N[C@@H](C)c2ccccc2)CC1. The van der Waals surface area contributed by atoms with Crippen molar-refractivity contribution in [1.82, 2.24) is 9.62 Å². The first-order chi connectivity index (χ1) is 13.8. The number of sulfonamides is 1. The highest BCUT2D eigenvalue weighted by molar-refractivity contribution is 7.89. The van der Waals surface area contributed by atoms with Gasteiger partial charge in [0.05, 0.1) is 13.2 Å². The second-order valence-corrected chi connectivity index (χ2v) is 9.38. The number of piperidine rings is 1. The molecule has 0 bridgehead atoms. The number of carbonyl (C=O) groups excluding carboxylic acids is 1. The van der Waals surface area contributed by atoms with Crippen LogP contribution in [0.3, 0.4) is 0 Å². The van der Waals surface area contributed by atoms with Gasteiger partial charge in [-0.25, -0.2) is 8.42 Å². The normalized spacial score (nSPS) is 16.9. The average Bonchev–Trinajstić information content (AvgIpc) is 2.74. The van der Waals surface area contributed by atoms with E-state index in [0.29, 0.717) is 31.7 Å². The van der Waals surface area contributed by atoms with Crippen LogP contribution < -0.4 is 10.1 Å². The van der Waals surface area contributed by atoms with E-state index >= 15 is 0 Å². The molecule has 1 amide bonds. The van der Waals surface area contributed by atoms with E-state index in [4.69, 9.17) is 4.74 Å². The summed E-state index contributed by atoms with van der Waals surface area (Å²) >= 11 is 0. The minimum absolute atomic E-state index is 0.0217.